The summed E-state index contributed by atoms with van der Waals surface area (Å²) in [4.78, 5) is 17.6. The Hall–Kier alpha value is -1.79. The van der Waals surface area contributed by atoms with E-state index >= 15 is 0 Å². The first-order valence-electron chi connectivity index (χ1n) is 8.17. The molecule has 0 fully saturated rings. The van der Waals surface area contributed by atoms with Crippen LogP contribution in [0.4, 0.5) is 5.95 Å². The van der Waals surface area contributed by atoms with E-state index in [0.717, 1.165) is 11.3 Å². The number of rotatable bonds is 2. The third-order valence-corrected chi connectivity index (χ3v) is 5.59. The summed E-state index contributed by atoms with van der Waals surface area (Å²) in [7, 11) is 0. The molecule has 2 aliphatic rings. The van der Waals surface area contributed by atoms with E-state index in [1.165, 1.54) is 11.8 Å². The van der Waals surface area contributed by atoms with Gasteiger partial charge in [-0.2, -0.15) is 4.98 Å². The molecular formula is C18H19ClN4OS. The number of carbonyl (C=O) groups is 1. The van der Waals surface area contributed by atoms with Crippen LogP contribution < -0.4 is 5.32 Å². The van der Waals surface area contributed by atoms with Crippen molar-refractivity contribution in [1.82, 2.24) is 14.8 Å². The first-order valence-corrected chi connectivity index (χ1v) is 9.77. The third kappa shape index (κ3) is 2.77. The van der Waals surface area contributed by atoms with Crippen molar-refractivity contribution in [3.8, 4) is 0 Å². The zero-order valence-corrected chi connectivity index (χ0v) is 15.9. The fraction of sp³-hybridized carbons (Fsp3) is 0.389. The van der Waals surface area contributed by atoms with Crippen LogP contribution in [0.15, 0.2) is 41.2 Å². The molecule has 130 valence electrons. The Kier molecular flexibility index (Phi) is 3.92. The van der Waals surface area contributed by atoms with Gasteiger partial charge in [-0.05, 0) is 23.3 Å². The average molecular weight is 375 g/mol. The molecular weight excluding hydrogens is 356 g/mol. The molecule has 25 heavy (non-hydrogen) atoms. The van der Waals surface area contributed by atoms with Gasteiger partial charge in [0.2, 0.25) is 11.1 Å². The second-order valence-electron chi connectivity index (χ2n) is 7.17. The van der Waals surface area contributed by atoms with E-state index in [4.69, 9.17) is 11.6 Å². The molecule has 1 aliphatic carbocycles. The van der Waals surface area contributed by atoms with E-state index in [9.17, 15) is 4.79 Å². The van der Waals surface area contributed by atoms with Crippen LogP contribution in [-0.4, -0.2) is 26.8 Å². The molecule has 1 aromatic carbocycles. The summed E-state index contributed by atoms with van der Waals surface area (Å²) in [6, 6.07) is 7.37. The number of anilines is 1. The number of nitrogens with zero attached hydrogens (tertiary/aromatic N) is 3. The maximum Gasteiger partial charge on any atom is 0.227 e. The number of allylic oxidation sites excluding steroid dienone is 2. The third-order valence-electron chi connectivity index (χ3n) is 4.71. The van der Waals surface area contributed by atoms with Crippen LogP contribution in [-0.2, 0) is 4.79 Å². The summed E-state index contributed by atoms with van der Waals surface area (Å²) in [5.74, 6) is 0.533. The molecule has 0 amide bonds. The van der Waals surface area contributed by atoms with Gasteiger partial charge in [-0.25, -0.2) is 4.68 Å². The zero-order chi connectivity index (χ0) is 17.8. The second-order valence-corrected chi connectivity index (χ2v) is 8.35. The molecule has 0 unspecified atom stereocenters. The highest BCUT2D eigenvalue weighted by atomic mass is 35.5. The van der Waals surface area contributed by atoms with Gasteiger partial charge in [0.15, 0.2) is 0 Å². The maximum absolute atomic E-state index is 13.0. The molecule has 5 nitrogen and oxygen atoms in total. The number of hydrogen-bond donors (Lipinski definition) is 1. The van der Waals surface area contributed by atoms with E-state index in [0.29, 0.717) is 22.5 Å². The summed E-state index contributed by atoms with van der Waals surface area (Å²) < 4.78 is 1.81. The molecule has 1 N–H and O–H groups in total. The van der Waals surface area contributed by atoms with Crippen LogP contribution in [0.1, 0.15) is 31.9 Å². The standard InChI is InChI=1S/C18H19ClN4OS/c1-18(2)8-12-14(13(24)9-18)15(10-6-4-5-7-11(10)19)23-16(20-12)21-17(22-23)25-3/h4-8,14-15H,9H2,1-3H3,(H,20,21,22)/t14-,15-/m0/s1. The summed E-state index contributed by atoms with van der Waals surface area (Å²) >= 11 is 7.96. The van der Waals surface area contributed by atoms with Gasteiger partial charge in [0.05, 0.1) is 12.0 Å². The number of ketones is 1. The van der Waals surface area contributed by atoms with Gasteiger partial charge in [0.1, 0.15) is 5.78 Å². The molecule has 0 saturated carbocycles. The topological polar surface area (TPSA) is 59.8 Å². The minimum atomic E-state index is -0.322. The van der Waals surface area contributed by atoms with Crippen molar-refractivity contribution in [1.29, 1.82) is 0 Å². The monoisotopic (exact) mass is 374 g/mol. The van der Waals surface area contributed by atoms with Crippen molar-refractivity contribution in [2.45, 2.75) is 31.5 Å². The smallest absolute Gasteiger partial charge is 0.227 e. The van der Waals surface area contributed by atoms with E-state index in [1.807, 2.05) is 35.2 Å². The lowest BCUT2D eigenvalue weighted by molar-refractivity contribution is -0.125. The minimum absolute atomic E-state index is 0.175. The lowest BCUT2D eigenvalue weighted by Crippen LogP contribution is -2.42. The van der Waals surface area contributed by atoms with Crippen molar-refractivity contribution in [2.75, 3.05) is 11.6 Å². The molecule has 2 atom stereocenters. The van der Waals surface area contributed by atoms with Gasteiger partial charge in [0, 0.05) is 17.1 Å². The van der Waals surface area contributed by atoms with Crippen LogP contribution in [0.5, 0.6) is 0 Å². The number of halogens is 1. The van der Waals surface area contributed by atoms with Gasteiger partial charge < -0.3 is 5.32 Å². The Balaban J connectivity index is 1.94. The molecule has 7 heteroatoms. The molecule has 0 spiro atoms. The van der Waals surface area contributed by atoms with Crippen LogP contribution in [0, 0.1) is 11.3 Å². The van der Waals surface area contributed by atoms with Gasteiger partial charge >= 0.3 is 0 Å². The molecule has 2 heterocycles. The predicted octanol–water partition coefficient (Wildman–Crippen LogP) is 4.17. The Bertz CT molecular complexity index is 889. The number of Topliss-reactive ketones (excluding diaryl/α,β-unsaturated/α-hetero) is 1. The Morgan fingerprint density at radius 1 is 1.36 bits per heavy atom. The highest BCUT2D eigenvalue weighted by molar-refractivity contribution is 7.98. The minimum Gasteiger partial charge on any atom is -0.328 e. The molecule has 0 radical (unpaired) electrons. The number of carbonyl (C=O) groups excluding carboxylic acids is 1. The molecule has 0 bridgehead atoms. The fourth-order valence-electron chi connectivity index (χ4n) is 3.72. The predicted molar refractivity (Wildman–Crippen MR) is 100.0 cm³/mol. The largest absolute Gasteiger partial charge is 0.328 e. The molecule has 2 aromatic rings. The van der Waals surface area contributed by atoms with Crippen molar-refractivity contribution >= 4 is 35.1 Å². The Morgan fingerprint density at radius 2 is 2.12 bits per heavy atom. The van der Waals surface area contributed by atoms with Gasteiger partial charge in [-0.15, -0.1) is 5.10 Å². The van der Waals surface area contributed by atoms with Crippen molar-refractivity contribution in [3.63, 3.8) is 0 Å². The van der Waals surface area contributed by atoms with Gasteiger partial charge in [0.25, 0.3) is 0 Å². The molecule has 1 aromatic heterocycles. The summed E-state index contributed by atoms with van der Waals surface area (Å²) in [5, 5.41) is 9.24. The van der Waals surface area contributed by atoms with Crippen LogP contribution in [0.2, 0.25) is 5.02 Å². The maximum atomic E-state index is 13.0. The number of benzene rings is 1. The van der Waals surface area contributed by atoms with Crippen LogP contribution in [0.25, 0.3) is 0 Å². The van der Waals surface area contributed by atoms with E-state index < -0.39 is 0 Å². The van der Waals surface area contributed by atoms with E-state index in [1.54, 1.807) is 0 Å². The summed E-state index contributed by atoms with van der Waals surface area (Å²) in [5.41, 5.74) is 1.62. The Morgan fingerprint density at radius 3 is 2.84 bits per heavy atom. The number of aromatic nitrogens is 3. The lowest BCUT2D eigenvalue weighted by Gasteiger charge is -2.40. The SMILES string of the molecule is CSc1nc2n(n1)[C@@H](c1ccccc1Cl)[C@@H]1C(=O)CC(C)(C)C=C1N2. The summed E-state index contributed by atoms with van der Waals surface area (Å²) in [6.07, 6.45) is 4.59. The molecule has 1 aliphatic heterocycles. The number of fused-ring (bicyclic) bond motifs is 2. The zero-order valence-electron chi connectivity index (χ0n) is 14.3. The van der Waals surface area contributed by atoms with Crippen molar-refractivity contribution < 1.29 is 4.79 Å². The molecule has 0 saturated heterocycles. The number of hydrogen-bond acceptors (Lipinski definition) is 5. The first kappa shape index (κ1) is 16.7. The summed E-state index contributed by atoms with van der Waals surface area (Å²) in [6.45, 7) is 4.15. The quantitative estimate of drug-likeness (QED) is 0.799. The number of nitrogens with one attached hydrogen (secondary N) is 1. The van der Waals surface area contributed by atoms with Crippen molar-refractivity contribution in [3.05, 3.63) is 46.6 Å². The van der Waals surface area contributed by atoms with Gasteiger partial charge in [-0.3, -0.25) is 4.79 Å². The highest BCUT2D eigenvalue weighted by Gasteiger charge is 2.45. The average Bonchev–Trinajstić information content (AvgIpc) is 2.95. The van der Waals surface area contributed by atoms with Gasteiger partial charge in [-0.1, -0.05) is 61.5 Å². The highest BCUT2D eigenvalue weighted by Crippen LogP contribution is 2.46. The molecule has 4 rings (SSSR count). The van der Waals surface area contributed by atoms with Crippen LogP contribution >= 0.6 is 23.4 Å². The fourth-order valence-corrected chi connectivity index (χ4v) is 4.32. The number of thioether (sulfide) groups is 1. The lowest BCUT2D eigenvalue weighted by atomic mass is 9.72. The normalized spacial score (nSPS) is 24.2. The van der Waals surface area contributed by atoms with E-state index in [-0.39, 0.29) is 23.2 Å². The van der Waals surface area contributed by atoms with Crippen molar-refractivity contribution in [2.24, 2.45) is 11.3 Å². The second kappa shape index (κ2) is 5.88. The Labute approximate surface area is 155 Å². The first-order chi connectivity index (χ1) is 11.9. The van der Waals surface area contributed by atoms with E-state index in [2.05, 4.69) is 35.3 Å². The van der Waals surface area contributed by atoms with Crippen LogP contribution in [0.3, 0.4) is 0 Å².